The molecule has 0 spiro atoms. The summed E-state index contributed by atoms with van der Waals surface area (Å²) in [4.78, 5) is 2.77. The molecule has 1 unspecified atom stereocenters. The highest BCUT2D eigenvalue weighted by atomic mass is 15.2. The number of hydrogen-bond acceptors (Lipinski definition) is 1. The Morgan fingerprint density at radius 1 is 1.00 bits per heavy atom. The van der Waals surface area contributed by atoms with Crippen molar-refractivity contribution in [1.29, 1.82) is 0 Å². The second-order valence-electron chi connectivity index (χ2n) is 5.69. The zero-order valence-electron chi connectivity index (χ0n) is 10.6. The first-order chi connectivity index (χ1) is 8.43. The van der Waals surface area contributed by atoms with Gasteiger partial charge in [0, 0.05) is 6.04 Å². The molecule has 0 aromatic heterocycles. The molecule has 1 heteroatoms. The lowest BCUT2D eigenvalue weighted by Gasteiger charge is -2.35. The van der Waals surface area contributed by atoms with Gasteiger partial charge in [-0.2, -0.15) is 0 Å². The van der Waals surface area contributed by atoms with Crippen LogP contribution in [0.25, 0.3) is 0 Å². The molecule has 0 bridgehead atoms. The van der Waals surface area contributed by atoms with Gasteiger partial charge in [0.05, 0.1) is 0 Å². The van der Waals surface area contributed by atoms with Crippen molar-refractivity contribution in [2.24, 2.45) is 5.92 Å². The van der Waals surface area contributed by atoms with Crippen LogP contribution in [0.5, 0.6) is 0 Å². The zero-order valence-corrected chi connectivity index (χ0v) is 10.6. The number of hydrogen-bond donors (Lipinski definition) is 0. The Hall–Kier alpha value is -0.820. The Balaban J connectivity index is 1.67. The van der Waals surface area contributed by atoms with Crippen molar-refractivity contribution < 1.29 is 0 Å². The first kappa shape index (κ1) is 11.3. The van der Waals surface area contributed by atoms with Crippen molar-refractivity contribution in [2.45, 2.75) is 44.6 Å². The molecule has 2 aliphatic rings. The van der Waals surface area contributed by atoms with E-state index in [1.54, 1.807) is 0 Å². The van der Waals surface area contributed by atoms with Gasteiger partial charge in [-0.25, -0.2) is 0 Å². The lowest BCUT2D eigenvalue weighted by Crippen LogP contribution is -2.41. The summed E-state index contributed by atoms with van der Waals surface area (Å²) in [5.41, 5.74) is 1.52. The summed E-state index contributed by atoms with van der Waals surface area (Å²) in [5.74, 6) is 0.994. The predicted octanol–water partition coefficient (Wildman–Crippen LogP) is 3.49. The summed E-state index contributed by atoms with van der Waals surface area (Å²) < 4.78 is 0. The Bertz CT molecular complexity index is 336. The molecule has 1 saturated heterocycles. The van der Waals surface area contributed by atoms with Gasteiger partial charge in [0.1, 0.15) is 0 Å². The third-order valence-corrected chi connectivity index (χ3v) is 4.31. The van der Waals surface area contributed by atoms with Crippen molar-refractivity contribution in [3.63, 3.8) is 0 Å². The second-order valence-corrected chi connectivity index (χ2v) is 5.69. The number of benzene rings is 1. The van der Waals surface area contributed by atoms with Gasteiger partial charge < -0.3 is 0 Å². The Labute approximate surface area is 105 Å². The molecular formula is C16H23N. The van der Waals surface area contributed by atoms with Crippen molar-refractivity contribution in [3.05, 3.63) is 35.9 Å². The van der Waals surface area contributed by atoms with Crippen molar-refractivity contribution in [2.75, 3.05) is 13.1 Å². The highest BCUT2D eigenvalue weighted by Crippen LogP contribution is 2.37. The normalized spacial score (nSPS) is 23.5. The molecule has 0 amide bonds. The second kappa shape index (κ2) is 5.22. The van der Waals surface area contributed by atoms with E-state index in [-0.39, 0.29) is 0 Å². The van der Waals surface area contributed by atoms with Crippen LogP contribution in [0.4, 0.5) is 0 Å². The van der Waals surface area contributed by atoms with Crippen LogP contribution < -0.4 is 0 Å². The first-order valence-corrected chi connectivity index (χ1v) is 7.21. The van der Waals surface area contributed by atoms with Crippen LogP contribution in [0, 0.1) is 5.92 Å². The van der Waals surface area contributed by atoms with Crippen molar-refractivity contribution >= 4 is 0 Å². The summed E-state index contributed by atoms with van der Waals surface area (Å²) in [7, 11) is 0. The number of rotatable bonds is 4. The summed E-state index contributed by atoms with van der Waals surface area (Å²) in [6, 6.07) is 11.9. The fraction of sp³-hybridized carbons (Fsp3) is 0.625. The standard InChI is InChI=1S/C16H23N/c1-3-7-14(8-4-1)13-16(15-9-10-15)17-11-5-2-6-12-17/h1,3-4,7-8,15-16H,2,5-6,9-13H2. The largest absolute Gasteiger partial charge is 0.300 e. The van der Waals surface area contributed by atoms with E-state index in [0.29, 0.717) is 0 Å². The van der Waals surface area contributed by atoms with Crippen LogP contribution in [-0.4, -0.2) is 24.0 Å². The molecule has 1 nitrogen and oxygen atoms in total. The smallest absolute Gasteiger partial charge is 0.0164 e. The van der Waals surface area contributed by atoms with Gasteiger partial charge in [-0.1, -0.05) is 36.8 Å². The third kappa shape index (κ3) is 2.90. The minimum Gasteiger partial charge on any atom is -0.300 e. The van der Waals surface area contributed by atoms with Gasteiger partial charge in [-0.05, 0) is 56.7 Å². The molecule has 3 rings (SSSR count). The number of likely N-dealkylation sites (tertiary alicyclic amines) is 1. The lowest BCUT2D eigenvalue weighted by atomic mass is 9.98. The van der Waals surface area contributed by atoms with Gasteiger partial charge in [0.2, 0.25) is 0 Å². The van der Waals surface area contributed by atoms with Crippen LogP contribution in [0.3, 0.4) is 0 Å². The monoisotopic (exact) mass is 229 g/mol. The minimum atomic E-state index is 0.831. The van der Waals surface area contributed by atoms with Crippen molar-refractivity contribution in [1.82, 2.24) is 4.90 Å². The lowest BCUT2D eigenvalue weighted by molar-refractivity contribution is 0.145. The van der Waals surface area contributed by atoms with Crippen LogP contribution in [0.2, 0.25) is 0 Å². The SMILES string of the molecule is c1ccc(CC(C2CC2)N2CCCCC2)cc1. The van der Waals surface area contributed by atoms with E-state index in [2.05, 4.69) is 35.2 Å². The van der Waals surface area contributed by atoms with Crippen molar-refractivity contribution in [3.8, 4) is 0 Å². The maximum Gasteiger partial charge on any atom is 0.0164 e. The topological polar surface area (TPSA) is 3.24 Å². The van der Waals surface area contributed by atoms with Gasteiger partial charge >= 0.3 is 0 Å². The molecule has 2 fully saturated rings. The van der Waals surface area contributed by atoms with Crippen LogP contribution in [-0.2, 0) is 6.42 Å². The van der Waals surface area contributed by atoms with E-state index in [1.165, 1.54) is 57.2 Å². The molecule has 1 aliphatic carbocycles. The highest BCUT2D eigenvalue weighted by molar-refractivity contribution is 5.16. The van der Waals surface area contributed by atoms with Gasteiger partial charge in [0.25, 0.3) is 0 Å². The molecule has 1 heterocycles. The Kier molecular flexibility index (Phi) is 3.46. The summed E-state index contributed by atoms with van der Waals surface area (Å²) >= 11 is 0. The predicted molar refractivity (Wildman–Crippen MR) is 72.1 cm³/mol. The van der Waals surface area contributed by atoms with E-state index in [1.807, 2.05) is 0 Å². The molecule has 0 N–H and O–H groups in total. The van der Waals surface area contributed by atoms with E-state index in [4.69, 9.17) is 0 Å². The molecule has 0 radical (unpaired) electrons. The maximum atomic E-state index is 2.77. The van der Waals surface area contributed by atoms with Crippen LogP contribution >= 0.6 is 0 Å². The van der Waals surface area contributed by atoms with E-state index < -0.39 is 0 Å². The molecular weight excluding hydrogens is 206 g/mol. The zero-order chi connectivity index (χ0) is 11.5. The third-order valence-electron chi connectivity index (χ3n) is 4.31. The Morgan fingerprint density at radius 2 is 1.71 bits per heavy atom. The average Bonchev–Trinajstić information content (AvgIpc) is 3.23. The average molecular weight is 229 g/mol. The number of piperidine rings is 1. The fourth-order valence-corrected chi connectivity index (χ4v) is 3.18. The molecule has 1 atom stereocenters. The molecule has 1 aromatic rings. The highest BCUT2D eigenvalue weighted by Gasteiger charge is 2.35. The van der Waals surface area contributed by atoms with E-state index in [9.17, 15) is 0 Å². The molecule has 1 aromatic carbocycles. The number of nitrogens with zero attached hydrogens (tertiary/aromatic N) is 1. The fourth-order valence-electron chi connectivity index (χ4n) is 3.18. The first-order valence-electron chi connectivity index (χ1n) is 7.21. The molecule has 92 valence electrons. The summed E-state index contributed by atoms with van der Waals surface area (Å²) in [5, 5.41) is 0. The molecule has 17 heavy (non-hydrogen) atoms. The quantitative estimate of drug-likeness (QED) is 0.764. The van der Waals surface area contributed by atoms with Crippen LogP contribution in [0.1, 0.15) is 37.7 Å². The maximum absolute atomic E-state index is 2.77. The Morgan fingerprint density at radius 3 is 2.35 bits per heavy atom. The van der Waals surface area contributed by atoms with Crippen LogP contribution in [0.15, 0.2) is 30.3 Å². The minimum absolute atomic E-state index is 0.831. The van der Waals surface area contributed by atoms with Gasteiger partial charge in [-0.15, -0.1) is 0 Å². The van der Waals surface area contributed by atoms with E-state index >= 15 is 0 Å². The van der Waals surface area contributed by atoms with Gasteiger partial charge in [-0.3, -0.25) is 4.90 Å². The molecule has 1 saturated carbocycles. The summed E-state index contributed by atoms with van der Waals surface area (Å²) in [6.45, 7) is 2.68. The molecule has 1 aliphatic heterocycles. The van der Waals surface area contributed by atoms with Gasteiger partial charge in [0.15, 0.2) is 0 Å². The van der Waals surface area contributed by atoms with E-state index in [0.717, 1.165) is 12.0 Å². The summed E-state index contributed by atoms with van der Waals surface area (Å²) in [6.07, 6.45) is 8.47.